The zero-order chi connectivity index (χ0) is 67.9. The number of aliphatic hydroxyl groups excluding tert-OH is 3. The first kappa shape index (κ1) is 78.9. The van der Waals surface area contributed by atoms with Crippen molar-refractivity contribution in [1.82, 2.24) is 58.5 Å². The predicted octanol–water partition coefficient (Wildman–Crippen LogP) is -3.72. The second kappa shape index (κ2) is 40.5. The molecule has 0 saturated carbocycles. The third kappa shape index (κ3) is 27.9. The molecule has 502 valence electrons. The van der Waals surface area contributed by atoms with Gasteiger partial charge in [0.1, 0.15) is 66.2 Å². The SMILES string of the molecule is CSCC[C@H](N)C(=O)N[C@@H](CO)C(=O)N[C@@H](CS)C(=O)N[C@H](C(=O)N[C@@H](CC(C)C)C(=O)N[C@@H](CS)C(=O)N[C@@H](Cc1ccccc1)C(=O)NCC(=O)N[C@@H](CO)C(=O)N[C@@H](Cc1ccc(O)cc1)C(=O)N[C@H](C(=O)N[C@@H](CC(C)C)C(=O)O)C(C)C)[C@@H](C)O. The number of hydrogen-bond acceptors (Lipinski definition) is 20. The van der Waals surface area contributed by atoms with Gasteiger partial charge in [-0.3, -0.25) is 52.7 Å². The Hall–Kier alpha value is -7.23. The number of phenolic OH excluding ortho intramolecular Hbond substituents is 1. The number of rotatable bonds is 40. The average molecular weight is 1320 g/mol. The second-order valence-corrected chi connectivity index (χ2v) is 24.2. The van der Waals surface area contributed by atoms with Gasteiger partial charge in [0.25, 0.3) is 0 Å². The molecule has 0 aliphatic rings. The Morgan fingerprint density at radius 3 is 1.37 bits per heavy atom. The molecule has 0 aliphatic heterocycles. The van der Waals surface area contributed by atoms with Gasteiger partial charge in [-0.1, -0.05) is 84.0 Å². The van der Waals surface area contributed by atoms with Crippen molar-refractivity contribution in [3.63, 3.8) is 0 Å². The Labute approximate surface area is 538 Å². The van der Waals surface area contributed by atoms with E-state index in [1.54, 1.807) is 71.9 Å². The molecule has 0 aromatic heterocycles. The number of aromatic hydroxyl groups is 1. The fourth-order valence-corrected chi connectivity index (χ4v) is 9.56. The number of hydrogen-bond donors (Lipinski definition) is 19. The largest absolute Gasteiger partial charge is 0.508 e. The number of phenols is 1. The molecule has 0 radical (unpaired) electrons. The number of thiol groups is 2. The summed E-state index contributed by atoms with van der Waals surface area (Å²) in [5, 5.41) is 77.2. The van der Waals surface area contributed by atoms with Gasteiger partial charge in [0.05, 0.1) is 31.9 Å². The highest BCUT2D eigenvalue weighted by Crippen LogP contribution is 2.15. The molecule has 0 bridgehead atoms. The number of carbonyl (C=O) groups is 12. The first-order valence-electron chi connectivity index (χ1n) is 29.1. The zero-order valence-electron chi connectivity index (χ0n) is 51.6. The number of thioether (sulfide) groups is 1. The van der Waals surface area contributed by atoms with Crippen molar-refractivity contribution in [3.05, 3.63) is 65.7 Å². The lowest BCUT2D eigenvalue weighted by Crippen LogP contribution is -2.62. The molecule has 0 fully saturated rings. The summed E-state index contributed by atoms with van der Waals surface area (Å²) < 4.78 is 0. The molecule has 32 heteroatoms. The number of nitrogens with two attached hydrogens (primary N) is 1. The molecule has 0 aliphatic carbocycles. The van der Waals surface area contributed by atoms with E-state index in [4.69, 9.17) is 5.73 Å². The topological polar surface area (TPSA) is 464 Å². The van der Waals surface area contributed by atoms with Crippen LogP contribution in [0.15, 0.2) is 54.6 Å². The summed E-state index contributed by atoms with van der Waals surface area (Å²) in [6.45, 7) is 8.64. The van der Waals surface area contributed by atoms with Crippen LogP contribution in [0.2, 0.25) is 0 Å². The Balaban J connectivity index is 2.28. The lowest BCUT2D eigenvalue weighted by molar-refractivity contribution is -0.143. The van der Waals surface area contributed by atoms with E-state index in [0.717, 1.165) is 0 Å². The molecule has 12 atom stereocenters. The van der Waals surface area contributed by atoms with Crippen molar-refractivity contribution in [2.75, 3.05) is 43.3 Å². The van der Waals surface area contributed by atoms with Crippen LogP contribution < -0.4 is 64.2 Å². The number of amides is 11. The minimum atomic E-state index is -1.74. The number of aliphatic carboxylic acids is 1. The highest BCUT2D eigenvalue weighted by Gasteiger charge is 2.37. The van der Waals surface area contributed by atoms with E-state index in [-0.39, 0.29) is 61.2 Å². The summed E-state index contributed by atoms with van der Waals surface area (Å²) in [6, 6.07) is -1.94. The zero-order valence-corrected chi connectivity index (χ0v) is 54.3. The smallest absolute Gasteiger partial charge is 0.326 e. The van der Waals surface area contributed by atoms with Gasteiger partial charge in [-0.15, -0.1) is 0 Å². The van der Waals surface area contributed by atoms with Crippen molar-refractivity contribution >= 4 is 108 Å². The molecule has 90 heavy (non-hydrogen) atoms. The van der Waals surface area contributed by atoms with Crippen molar-refractivity contribution in [2.45, 2.75) is 153 Å². The molecule has 0 saturated heterocycles. The third-order valence-electron chi connectivity index (χ3n) is 13.6. The minimum Gasteiger partial charge on any atom is -0.508 e. The van der Waals surface area contributed by atoms with Crippen LogP contribution in [0.4, 0.5) is 0 Å². The molecule has 0 unspecified atom stereocenters. The van der Waals surface area contributed by atoms with E-state index in [9.17, 15) is 83.1 Å². The second-order valence-electron chi connectivity index (χ2n) is 22.5. The minimum absolute atomic E-state index is 0.0470. The van der Waals surface area contributed by atoms with E-state index in [0.29, 0.717) is 16.9 Å². The number of nitrogens with one attached hydrogen (secondary N) is 11. The van der Waals surface area contributed by atoms with Crippen LogP contribution in [-0.2, 0) is 70.4 Å². The highest BCUT2D eigenvalue weighted by molar-refractivity contribution is 7.98. The van der Waals surface area contributed by atoms with Crippen LogP contribution in [0.25, 0.3) is 0 Å². The van der Waals surface area contributed by atoms with Gasteiger partial charge in [-0.2, -0.15) is 37.0 Å². The average Bonchev–Trinajstić information content (AvgIpc) is 3.70. The summed E-state index contributed by atoms with van der Waals surface area (Å²) >= 11 is 9.84. The maximum atomic E-state index is 14.0. The molecule has 2 rings (SSSR count). The lowest BCUT2D eigenvalue weighted by Gasteiger charge is -2.28. The van der Waals surface area contributed by atoms with Gasteiger partial charge >= 0.3 is 5.97 Å². The standard InChI is InChI=1S/C58H90N12O17S3/c1-29(2)20-37(64-57(85)47(32(7)73)70-55(83)44(28-89)68-53(81)42(26-72)66-48(76)36(59)18-19-90-8)50(78)67-43(27-88)54(82)62-38(22-33-12-10-9-11-13-33)49(77)60-24-45(75)61-41(25-71)52(80)63-39(23-34-14-16-35(74)17-15-34)51(79)69-46(31(5)6)56(84)65-40(58(86)87)21-30(3)4/h9-17,29-32,36-44,46-47,71-74,88-89H,18-28,59H2,1-8H3,(H,60,77)(H,61,75)(H,62,82)(H,63,80)(H,64,85)(H,65,84)(H,66,76)(H,67,78)(H,68,81)(H,69,79)(H,70,83)(H,86,87)/t32-,36+,37+,38+,39+,40+,41+,42+,43+,44+,46+,47+/m1/s1. The fourth-order valence-electron chi connectivity index (χ4n) is 8.56. The monoisotopic (exact) mass is 1320 g/mol. The quantitative estimate of drug-likeness (QED) is 0.0285. The molecule has 11 amide bonds. The van der Waals surface area contributed by atoms with Gasteiger partial charge in [0.2, 0.25) is 65.0 Å². The molecular weight excluding hydrogens is 1230 g/mol. The first-order valence-corrected chi connectivity index (χ1v) is 31.8. The molecule has 2 aromatic rings. The van der Waals surface area contributed by atoms with E-state index >= 15 is 0 Å². The van der Waals surface area contributed by atoms with Crippen LogP contribution >= 0.6 is 37.0 Å². The number of carboxylic acids is 1. The molecule has 0 spiro atoms. The van der Waals surface area contributed by atoms with Gasteiger partial charge < -0.3 is 89.8 Å². The summed E-state index contributed by atoms with van der Waals surface area (Å²) in [7, 11) is 0. The van der Waals surface area contributed by atoms with E-state index < -0.39 is 169 Å². The van der Waals surface area contributed by atoms with Gasteiger partial charge in [-0.25, -0.2) is 4.79 Å². The molecule has 2 aromatic carbocycles. The van der Waals surface area contributed by atoms with Crippen LogP contribution in [-0.4, -0.2) is 212 Å². The number of benzene rings is 2. The van der Waals surface area contributed by atoms with Gasteiger partial charge in [-0.05, 0) is 79.2 Å². The van der Waals surface area contributed by atoms with Crippen molar-refractivity contribution < 1.29 is 83.1 Å². The normalized spacial score (nSPS) is 15.3. The first-order chi connectivity index (χ1) is 42.4. The lowest BCUT2D eigenvalue weighted by atomic mass is 9.99. The molecule has 18 N–H and O–H groups in total. The highest BCUT2D eigenvalue weighted by atomic mass is 32.2. The predicted molar refractivity (Wildman–Crippen MR) is 340 cm³/mol. The van der Waals surface area contributed by atoms with E-state index in [2.05, 4.69) is 83.7 Å². The third-order valence-corrected chi connectivity index (χ3v) is 14.9. The molecule has 0 heterocycles. The van der Waals surface area contributed by atoms with Crippen molar-refractivity contribution in [3.8, 4) is 5.75 Å². The van der Waals surface area contributed by atoms with E-state index in [1.807, 2.05) is 6.26 Å². The summed E-state index contributed by atoms with van der Waals surface area (Å²) in [6.07, 6.45) is 0.138. The molecular formula is C58H90N12O17S3. The Morgan fingerprint density at radius 1 is 0.489 bits per heavy atom. The molecule has 29 nitrogen and oxygen atoms in total. The number of aliphatic hydroxyl groups is 3. The van der Waals surface area contributed by atoms with Crippen LogP contribution in [0.3, 0.4) is 0 Å². The van der Waals surface area contributed by atoms with E-state index in [1.165, 1.54) is 43.0 Å². The summed E-state index contributed by atoms with van der Waals surface area (Å²) in [5.74, 6) is -12.9. The Morgan fingerprint density at radius 2 is 0.889 bits per heavy atom. The number of carbonyl (C=O) groups excluding carboxylic acids is 11. The van der Waals surface area contributed by atoms with Crippen molar-refractivity contribution in [2.24, 2.45) is 23.5 Å². The van der Waals surface area contributed by atoms with Crippen LogP contribution in [0.5, 0.6) is 5.75 Å². The Bertz CT molecular complexity index is 2720. The Kier molecular flexibility index (Phi) is 35.5. The van der Waals surface area contributed by atoms with Gasteiger partial charge in [0.15, 0.2) is 0 Å². The fraction of sp³-hybridized carbons (Fsp3) is 0.586. The van der Waals surface area contributed by atoms with Crippen LogP contribution in [0.1, 0.15) is 78.9 Å². The summed E-state index contributed by atoms with van der Waals surface area (Å²) in [5.41, 5.74) is 6.84. The van der Waals surface area contributed by atoms with Crippen LogP contribution in [0, 0.1) is 17.8 Å². The summed E-state index contributed by atoms with van der Waals surface area (Å²) in [4.78, 5) is 161. The maximum absolute atomic E-state index is 14.0. The van der Waals surface area contributed by atoms with Gasteiger partial charge in [0, 0.05) is 24.3 Å². The van der Waals surface area contributed by atoms with Crippen molar-refractivity contribution in [1.29, 1.82) is 0 Å². The number of carboxylic acid groups (broad SMARTS) is 1. The maximum Gasteiger partial charge on any atom is 0.326 e.